The topological polar surface area (TPSA) is 0 Å². The van der Waals surface area contributed by atoms with Gasteiger partial charge in [0.05, 0.1) is 54.4 Å². The molecular weight excluding hydrogens is 328 g/mol. The molecule has 4 aliphatic carbocycles. The van der Waals surface area contributed by atoms with Gasteiger partial charge >= 0.3 is 0 Å². The summed E-state index contributed by atoms with van der Waals surface area (Å²) >= 11 is 0. The highest BCUT2D eigenvalue weighted by Crippen LogP contribution is 2.67. The van der Waals surface area contributed by atoms with Gasteiger partial charge in [0.25, 0.3) is 0 Å². The molecule has 0 amide bonds. The summed E-state index contributed by atoms with van der Waals surface area (Å²) in [7, 11) is 14.6. The molecule has 2 nitrogen and oxygen atoms in total. The molecule has 4 fully saturated rings. The van der Waals surface area contributed by atoms with Crippen molar-refractivity contribution in [1.29, 1.82) is 0 Å². The van der Waals surface area contributed by atoms with Gasteiger partial charge in [0.2, 0.25) is 0 Å². The van der Waals surface area contributed by atoms with Gasteiger partial charge in [-0.3, -0.25) is 0 Å². The molecule has 27 heavy (non-hydrogen) atoms. The van der Waals surface area contributed by atoms with Crippen LogP contribution in [0.1, 0.15) is 71.6 Å². The van der Waals surface area contributed by atoms with Crippen LogP contribution in [0, 0.1) is 34.5 Å². The third kappa shape index (κ3) is 3.03. The minimum atomic E-state index is 0.599. The van der Waals surface area contributed by atoms with Gasteiger partial charge in [0.1, 0.15) is 0 Å². The number of quaternary nitrogens is 2. The van der Waals surface area contributed by atoms with E-state index in [9.17, 15) is 0 Å². The van der Waals surface area contributed by atoms with Crippen LogP contribution in [0.25, 0.3) is 0 Å². The normalized spacial score (nSPS) is 50.7. The van der Waals surface area contributed by atoms with Gasteiger partial charge in [-0.2, -0.15) is 0 Å². The van der Waals surface area contributed by atoms with E-state index in [1.54, 1.807) is 6.42 Å². The Hall–Kier alpha value is -0.0800. The molecule has 0 unspecified atom stereocenters. The van der Waals surface area contributed by atoms with Crippen LogP contribution in [0.5, 0.6) is 0 Å². The highest BCUT2D eigenvalue weighted by Gasteiger charge is 2.63. The maximum absolute atomic E-state index is 2.73. The number of rotatable bonds is 2. The molecule has 2 heteroatoms. The van der Waals surface area contributed by atoms with E-state index < -0.39 is 0 Å². The lowest BCUT2D eigenvalue weighted by molar-refractivity contribution is -0.903. The zero-order valence-electron chi connectivity index (χ0n) is 19.7. The highest BCUT2D eigenvalue weighted by molar-refractivity contribution is 5.09. The van der Waals surface area contributed by atoms with Crippen LogP contribution in [-0.2, 0) is 0 Å². The van der Waals surface area contributed by atoms with Crippen molar-refractivity contribution < 1.29 is 8.97 Å². The molecule has 0 radical (unpaired) electrons. The smallest absolute Gasteiger partial charge is 0.0941 e. The molecule has 0 aromatic rings. The summed E-state index contributed by atoms with van der Waals surface area (Å²) in [6.07, 6.45) is 13.5. The highest BCUT2D eigenvalue weighted by atomic mass is 15.3. The molecular formula is C25H48N2+2. The molecule has 0 aliphatic heterocycles. The zero-order valence-corrected chi connectivity index (χ0v) is 19.7. The third-order valence-corrected chi connectivity index (χ3v) is 10.6. The second-order valence-electron chi connectivity index (χ2n) is 13.5. The van der Waals surface area contributed by atoms with Crippen LogP contribution < -0.4 is 0 Å². The summed E-state index contributed by atoms with van der Waals surface area (Å²) in [6.45, 7) is 5.42. The standard InChI is InChI=1S/C25H48N2/c1-24-15-13-19(26(3,4)5)17-18(24)9-10-20-21-11-12-23(27(6,7)8)25(21,2)16-14-22(20)24/h18-23H,9-17H2,1-8H3/q+2/t18-,19+,20-,21-,22-,23+,24-,25-/m0/s1. The van der Waals surface area contributed by atoms with E-state index in [-0.39, 0.29) is 0 Å². The summed E-state index contributed by atoms with van der Waals surface area (Å²) < 4.78 is 2.35. The van der Waals surface area contributed by atoms with Crippen molar-refractivity contribution in [3.05, 3.63) is 0 Å². The molecule has 0 N–H and O–H groups in total. The lowest BCUT2D eigenvalue weighted by atomic mass is 9.44. The molecule has 0 saturated heterocycles. The second-order valence-corrected chi connectivity index (χ2v) is 13.5. The Morgan fingerprint density at radius 1 is 0.630 bits per heavy atom. The van der Waals surface area contributed by atoms with Crippen molar-refractivity contribution in [3.63, 3.8) is 0 Å². The van der Waals surface area contributed by atoms with Crippen LogP contribution in [-0.4, -0.2) is 63.3 Å². The fourth-order valence-electron chi connectivity index (χ4n) is 9.18. The van der Waals surface area contributed by atoms with Gasteiger partial charge in [-0.25, -0.2) is 0 Å². The van der Waals surface area contributed by atoms with Crippen molar-refractivity contribution in [3.8, 4) is 0 Å². The van der Waals surface area contributed by atoms with E-state index in [2.05, 4.69) is 56.1 Å². The fourth-order valence-corrected chi connectivity index (χ4v) is 9.18. The average Bonchev–Trinajstić information content (AvgIpc) is 2.90. The average molecular weight is 377 g/mol. The minimum Gasteiger partial charge on any atom is -0.328 e. The Bertz CT molecular complexity index is 570. The molecule has 0 aromatic heterocycles. The Balaban J connectivity index is 1.56. The minimum absolute atomic E-state index is 0.599. The zero-order chi connectivity index (χ0) is 19.8. The maximum Gasteiger partial charge on any atom is 0.0941 e. The largest absolute Gasteiger partial charge is 0.328 e. The molecule has 0 bridgehead atoms. The monoisotopic (exact) mass is 376 g/mol. The van der Waals surface area contributed by atoms with Crippen LogP contribution in [0.15, 0.2) is 0 Å². The van der Waals surface area contributed by atoms with E-state index >= 15 is 0 Å². The van der Waals surface area contributed by atoms with E-state index in [0.717, 1.165) is 35.8 Å². The number of hydrogen-bond donors (Lipinski definition) is 0. The number of nitrogens with zero attached hydrogens (tertiary/aromatic N) is 2. The first kappa shape index (κ1) is 20.2. The number of hydrogen-bond acceptors (Lipinski definition) is 0. The van der Waals surface area contributed by atoms with Crippen LogP contribution in [0.4, 0.5) is 0 Å². The van der Waals surface area contributed by atoms with E-state index in [1.165, 1.54) is 60.3 Å². The van der Waals surface area contributed by atoms with E-state index in [1.807, 2.05) is 0 Å². The SMILES string of the molecule is C[C@]12CC[C@@H]([N+](C)(C)C)C[C@@H]1CC[C@@H]1[C@@H]2CC[C@]2(C)[C@H]([N+](C)(C)C)CC[C@@H]12. The van der Waals surface area contributed by atoms with Crippen LogP contribution >= 0.6 is 0 Å². The molecule has 156 valence electrons. The Morgan fingerprint density at radius 2 is 1.26 bits per heavy atom. The number of fused-ring (bicyclic) bond motifs is 5. The van der Waals surface area contributed by atoms with Crippen molar-refractivity contribution in [2.75, 3.05) is 42.3 Å². The summed E-state index contributed by atoms with van der Waals surface area (Å²) in [6, 6.07) is 1.77. The molecule has 0 aromatic carbocycles. The third-order valence-electron chi connectivity index (χ3n) is 10.6. The molecule has 4 rings (SSSR count). The van der Waals surface area contributed by atoms with Gasteiger partial charge in [-0.05, 0) is 74.0 Å². The predicted octanol–water partition coefficient (Wildman–Crippen LogP) is 5.18. The maximum atomic E-state index is 2.73. The van der Waals surface area contributed by atoms with Crippen molar-refractivity contribution in [2.24, 2.45) is 34.5 Å². The van der Waals surface area contributed by atoms with Gasteiger partial charge < -0.3 is 8.97 Å². The van der Waals surface area contributed by atoms with Crippen molar-refractivity contribution >= 4 is 0 Å². The lowest BCUT2D eigenvalue weighted by Gasteiger charge is -2.61. The summed E-state index contributed by atoms with van der Waals surface area (Å²) in [5.74, 6) is 4.05. The lowest BCUT2D eigenvalue weighted by Crippen LogP contribution is -2.59. The van der Waals surface area contributed by atoms with E-state index in [0.29, 0.717) is 10.8 Å². The quantitative estimate of drug-likeness (QED) is 0.583. The fraction of sp³-hybridized carbons (Fsp3) is 1.00. The summed E-state index contributed by atoms with van der Waals surface area (Å²) in [5, 5.41) is 0. The van der Waals surface area contributed by atoms with Gasteiger partial charge in [0.15, 0.2) is 0 Å². The summed E-state index contributed by atoms with van der Waals surface area (Å²) in [5.41, 5.74) is 1.24. The Kier molecular flexibility index (Phi) is 4.65. The van der Waals surface area contributed by atoms with Crippen LogP contribution in [0.3, 0.4) is 0 Å². The van der Waals surface area contributed by atoms with Gasteiger partial charge in [-0.15, -0.1) is 0 Å². The second kappa shape index (κ2) is 6.21. The summed E-state index contributed by atoms with van der Waals surface area (Å²) in [4.78, 5) is 0. The molecule has 8 atom stereocenters. The predicted molar refractivity (Wildman–Crippen MR) is 115 cm³/mol. The van der Waals surface area contributed by atoms with Crippen LogP contribution in [0.2, 0.25) is 0 Å². The molecule has 0 heterocycles. The van der Waals surface area contributed by atoms with E-state index in [4.69, 9.17) is 0 Å². The first-order valence-electron chi connectivity index (χ1n) is 12.0. The Labute approximate surface area is 169 Å². The van der Waals surface area contributed by atoms with Gasteiger partial charge in [-0.1, -0.05) is 13.8 Å². The molecule has 0 spiro atoms. The molecule has 4 aliphatic rings. The Morgan fingerprint density at radius 3 is 1.89 bits per heavy atom. The molecule has 4 saturated carbocycles. The van der Waals surface area contributed by atoms with Crippen molar-refractivity contribution in [2.45, 2.75) is 83.7 Å². The van der Waals surface area contributed by atoms with Gasteiger partial charge in [0, 0.05) is 18.3 Å². The van der Waals surface area contributed by atoms with Crippen molar-refractivity contribution in [1.82, 2.24) is 0 Å². The first-order valence-corrected chi connectivity index (χ1v) is 12.0. The first-order chi connectivity index (χ1) is 12.4.